The lowest BCUT2D eigenvalue weighted by atomic mass is 9.68. The normalized spacial score (nSPS) is 30.3. The van der Waals surface area contributed by atoms with Gasteiger partial charge in [-0.2, -0.15) is 0 Å². The molecule has 2 aliphatic carbocycles. The Hall–Kier alpha value is -2.62. The van der Waals surface area contributed by atoms with Gasteiger partial charge in [-0.1, -0.05) is 12.1 Å². The zero-order valence-electron chi connectivity index (χ0n) is 15.3. The SMILES string of the molecule is CC(=O)c1ccc2c(c1)[C@@H]1[C@H]3CC[C@@H](C3)[C@@H]1[C@H](c1ccc(C(=O)O)cc1)N2. The molecule has 0 radical (unpaired) electrons. The lowest BCUT2D eigenvalue weighted by molar-refractivity contribution is 0.0696. The summed E-state index contributed by atoms with van der Waals surface area (Å²) in [5.74, 6) is 1.62. The van der Waals surface area contributed by atoms with Crippen molar-refractivity contribution in [1.29, 1.82) is 0 Å². The molecular weight excluding hydrogens is 338 g/mol. The Bertz CT molecular complexity index is 933. The molecule has 0 aromatic heterocycles. The maximum atomic E-state index is 11.9. The van der Waals surface area contributed by atoms with Gasteiger partial charge < -0.3 is 10.4 Å². The average Bonchev–Trinajstić information content (AvgIpc) is 3.29. The molecule has 3 aliphatic rings. The van der Waals surface area contributed by atoms with Crippen LogP contribution in [0.25, 0.3) is 0 Å². The molecule has 0 saturated heterocycles. The highest BCUT2D eigenvalue weighted by molar-refractivity contribution is 5.95. The van der Waals surface area contributed by atoms with E-state index in [0.717, 1.165) is 16.8 Å². The third-order valence-electron chi connectivity index (χ3n) is 7.01. The number of carboxylic acid groups (broad SMARTS) is 1. The Morgan fingerprint density at radius 3 is 2.41 bits per heavy atom. The van der Waals surface area contributed by atoms with Crippen molar-refractivity contribution in [2.75, 3.05) is 5.32 Å². The summed E-state index contributed by atoms with van der Waals surface area (Å²) in [5.41, 5.74) is 4.70. The largest absolute Gasteiger partial charge is 0.478 e. The van der Waals surface area contributed by atoms with Crippen molar-refractivity contribution in [3.05, 3.63) is 64.7 Å². The van der Waals surface area contributed by atoms with E-state index in [0.29, 0.717) is 29.2 Å². The molecule has 4 nitrogen and oxygen atoms in total. The maximum absolute atomic E-state index is 11.9. The summed E-state index contributed by atoms with van der Waals surface area (Å²) >= 11 is 0. The molecule has 2 fully saturated rings. The van der Waals surface area contributed by atoms with Crippen LogP contribution in [0.1, 0.15) is 70.0 Å². The number of rotatable bonds is 3. The number of anilines is 1. The Morgan fingerprint density at radius 2 is 1.70 bits per heavy atom. The van der Waals surface area contributed by atoms with Gasteiger partial charge in [-0.15, -0.1) is 0 Å². The van der Waals surface area contributed by atoms with Gasteiger partial charge in [0.25, 0.3) is 0 Å². The Balaban J connectivity index is 1.58. The number of nitrogens with one attached hydrogen (secondary N) is 1. The molecule has 2 bridgehead atoms. The molecule has 138 valence electrons. The summed E-state index contributed by atoms with van der Waals surface area (Å²) in [6, 6.07) is 13.6. The van der Waals surface area contributed by atoms with E-state index in [2.05, 4.69) is 11.4 Å². The fourth-order valence-corrected chi connectivity index (χ4v) is 5.87. The van der Waals surface area contributed by atoms with Crippen molar-refractivity contribution < 1.29 is 14.7 Å². The zero-order valence-corrected chi connectivity index (χ0v) is 15.3. The van der Waals surface area contributed by atoms with Crippen molar-refractivity contribution in [3.63, 3.8) is 0 Å². The van der Waals surface area contributed by atoms with Gasteiger partial charge in [-0.05, 0) is 91.3 Å². The first-order valence-electron chi connectivity index (χ1n) is 9.77. The van der Waals surface area contributed by atoms with Crippen LogP contribution in [0.2, 0.25) is 0 Å². The van der Waals surface area contributed by atoms with Gasteiger partial charge in [0.1, 0.15) is 0 Å². The van der Waals surface area contributed by atoms with Crippen LogP contribution in [0.3, 0.4) is 0 Å². The molecule has 5 atom stereocenters. The number of carbonyl (C=O) groups excluding carboxylic acids is 1. The summed E-state index contributed by atoms with van der Waals surface area (Å²) in [7, 11) is 0. The monoisotopic (exact) mass is 361 g/mol. The lowest BCUT2D eigenvalue weighted by Crippen LogP contribution is -2.35. The second-order valence-corrected chi connectivity index (χ2v) is 8.34. The quantitative estimate of drug-likeness (QED) is 0.765. The van der Waals surface area contributed by atoms with E-state index in [-0.39, 0.29) is 11.8 Å². The smallest absolute Gasteiger partial charge is 0.335 e. The highest BCUT2D eigenvalue weighted by atomic mass is 16.4. The number of aromatic carboxylic acids is 1. The van der Waals surface area contributed by atoms with E-state index in [1.165, 1.54) is 24.8 Å². The van der Waals surface area contributed by atoms with Crippen LogP contribution in [-0.4, -0.2) is 16.9 Å². The Kier molecular flexibility index (Phi) is 3.64. The average molecular weight is 361 g/mol. The molecule has 2 saturated carbocycles. The highest BCUT2D eigenvalue weighted by Crippen LogP contribution is 2.63. The molecule has 2 aromatic rings. The number of hydrogen-bond donors (Lipinski definition) is 2. The number of carboxylic acids is 1. The van der Waals surface area contributed by atoms with Gasteiger partial charge in [0.2, 0.25) is 0 Å². The standard InChI is InChI=1S/C23H23NO3/c1-12(25)15-8-9-19-18(11-15)20-16-6-7-17(10-16)21(20)22(24-19)13-2-4-14(5-3-13)23(26)27/h2-5,8-9,11,16-17,20-22,24H,6-7,10H2,1H3,(H,26,27)/t16-,17-,20-,21-,22-/m0/s1. The third kappa shape index (κ3) is 2.50. The third-order valence-corrected chi connectivity index (χ3v) is 7.01. The molecule has 4 heteroatoms. The van der Waals surface area contributed by atoms with Crippen molar-refractivity contribution in [2.24, 2.45) is 17.8 Å². The van der Waals surface area contributed by atoms with Crippen molar-refractivity contribution in [1.82, 2.24) is 0 Å². The van der Waals surface area contributed by atoms with Crippen LogP contribution in [0, 0.1) is 17.8 Å². The van der Waals surface area contributed by atoms with E-state index in [1.807, 2.05) is 24.3 Å². The van der Waals surface area contributed by atoms with E-state index >= 15 is 0 Å². The van der Waals surface area contributed by atoms with Crippen LogP contribution in [0.5, 0.6) is 0 Å². The fraction of sp³-hybridized carbons (Fsp3) is 0.391. The van der Waals surface area contributed by atoms with Crippen LogP contribution in [-0.2, 0) is 0 Å². The molecule has 0 spiro atoms. The molecule has 1 aliphatic heterocycles. The van der Waals surface area contributed by atoms with Gasteiger partial charge in [-0.3, -0.25) is 4.79 Å². The summed E-state index contributed by atoms with van der Waals surface area (Å²) in [5, 5.41) is 12.9. The van der Waals surface area contributed by atoms with Gasteiger partial charge >= 0.3 is 5.97 Å². The zero-order chi connectivity index (χ0) is 18.7. The van der Waals surface area contributed by atoms with Gasteiger partial charge in [-0.25, -0.2) is 4.79 Å². The summed E-state index contributed by atoms with van der Waals surface area (Å²) in [6.45, 7) is 1.63. The number of carbonyl (C=O) groups is 2. The molecule has 0 unspecified atom stereocenters. The minimum atomic E-state index is -0.891. The topological polar surface area (TPSA) is 66.4 Å². The minimum Gasteiger partial charge on any atom is -0.478 e. The van der Waals surface area contributed by atoms with Crippen LogP contribution in [0.15, 0.2) is 42.5 Å². The highest BCUT2D eigenvalue weighted by Gasteiger charge is 2.53. The molecule has 5 rings (SSSR count). The van der Waals surface area contributed by atoms with Crippen molar-refractivity contribution >= 4 is 17.4 Å². The first-order chi connectivity index (χ1) is 13.0. The van der Waals surface area contributed by atoms with E-state index < -0.39 is 5.97 Å². The molecule has 0 amide bonds. The number of hydrogen-bond acceptors (Lipinski definition) is 3. The number of fused-ring (bicyclic) bond motifs is 7. The van der Waals surface area contributed by atoms with Crippen LogP contribution in [0.4, 0.5) is 5.69 Å². The van der Waals surface area contributed by atoms with Crippen LogP contribution < -0.4 is 5.32 Å². The first-order valence-corrected chi connectivity index (χ1v) is 9.77. The van der Waals surface area contributed by atoms with E-state index in [9.17, 15) is 14.7 Å². The lowest BCUT2D eigenvalue weighted by Gasteiger charge is -2.43. The summed E-state index contributed by atoms with van der Waals surface area (Å²) in [4.78, 5) is 23.1. The number of Topliss-reactive ketones (excluding diaryl/α,β-unsaturated/α-hetero) is 1. The number of benzene rings is 2. The molecule has 2 aromatic carbocycles. The predicted molar refractivity (Wildman–Crippen MR) is 103 cm³/mol. The molecular formula is C23H23NO3. The second-order valence-electron chi connectivity index (χ2n) is 8.34. The molecule has 27 heavy (non-hydrogen) atoms. The van der Waals surface area contributed by atoms with Gasteiger partial charge in [0.15, 0.2) is 5.78 Å². The summed E-state index contributed by atoms with van der Waals surface area (Å²) < 4.78 is 0. The van der Waals surface area contributed by atoms with Gasteiger partial charge in [0, 0.05) is 11.3 Å². The van der Waals surface area contributed by atoms with E-state index in [1.54, 1.807) is 19.1 Å². The van der Waals surface area contributed by atoms with E-state index in [4.69, 9.17) is 0 Å². The Morgan fingerprint density at radius 1 is 1.00 bits per heavy atom. The molecule has 1 heterocycles. The van der Waals surface area contributed by atoms with Crippen LogP contribution >= 0.6 is 0 Å². The Labute approximate surface area is 158 Å². The predicted octanol–water partition coefficient (Wildman–Crippen LogP) is 4.88. The maximum Gasteiger partial charge on any atom is 0.335 e. The van der Waals surface area contributed by atoms with Crippen molar-refractivity contribution in [2.45, 2.75) is 38.1 Å². The second kappa shape index (κ2) is 5.95. The van der Waals surface area contributed by atoms with Gasteiger partial charge in [0.05, 0.1) is 11.6 Å². The van der Waals surface area contributed by atoms with Crippen molar-refractivity contribution in [3.8, 4) is 0 Å². The fourth-order valence-electron chi connectivity index (χ4n) is 5.87. The molecule has 2 N–H and O–H groups in total. The first kappa shape index (κ1) is 16.5. The minimum absolute atomic E-state index is 0.115. The number of ketones is 1. The summed E-state index contributed by atoms with van der Waals surface area (Å²) in [6.07, 6.45) is 3.82.